The topological polar surface area (TPSA) is 197 Å². The molecule has 0 saturated carbocycles. The van der Waals surface area contributed by atoms with Gasteiger partial charge in [-0.3, -0.25) is 28.8 Å². The second-order valence-corrected chi connectivity index (χ2v) is 20.8. The molecule has 6 aromatic carbocycles. The number of rotatable bonds is 6. The summed E-state index contributed by atoms with van der Waals surface area (Å²) in [5.41, 5.74) is -2.38. The predicted molar refractivity (Wildman–Crippen MR) is 275 cm³/mol. The zero-order valence-corrected chi connectivity index (χ0v) is 43.4. The molecule has 9 fully saturated rings. The number of nitrogens with zero attached hydrogens (tertiary/aromatic N) is 6. The van der Waals surface area contributed by atoms with Gasteiger partial charge in [-0.05, 0) is 33.4 Å². The monoisotopic (exact) mass is 1050 g/mol. The summed E-state index contributed by atoms with van der Waals surface area (Å²) in [5, 5.41) is 0. The van der Waals surface area contributed by atoms with Crippen LogP contribution in [0.1, 0.15) is 70.0 Å². The van der Waals surface area contributed by atoms with E-state index in [1.165, 1.54) is 29.4 Å². The molecule has 6 amide bonds. The van der Waals surface area contributed by atoms with E-state index in [1.54, 1.807) is 42.3 Å². The highest BCUT2D eigenvalue weighted by Gasteiger charge is 2.84. The van der Waals surface area contributed by atoms with E-state index in [1.807, 2.05) is 182 Å². The standard InChI is InChI=1S/3C20H18N2O4/c3*1-21-17(23)20(16(26-20)14-11-7-4-8-12-14)22(2)18(24)19(21)15(25-19)13-9-5-3-6-10-13/h3*3-12,15-16H,1-2H3/t3*15-,16-,19-,20-/m100/s1. The lowest BCUT2D eigenvalue weighted by atomic mass is 9.95. The molecule has 0 N–H and O–H groups in total. The minimum absolute atomic E-state index is 0.258. The average Bonchev–Trinajstić information content (AvgIpc) is 2.82. The van der Waals surface area contributed by atoms with Gasteiger partial charge in [-0.2, -0.15) is 0 Å². The van der Waals surface area contributed by atoms with E-state index in [9.17, 15) is 28.8 Å². The first-order chi connectivity index (χ1) is 37.6. The summed E-state index contributed by atoms with van der Waals surface area (Å²) in [5.74, 6) is -1.55. The Morgan fingerprint density at radius 2 is 0.346 bits per heavy atom. The van der Waals surface area contributed by atoms with Crippen LogP contribution in [0.2, 0.25) is 0 Å². The van der Waals surface area contributed by atoms with Gasteiger partial charge in [0.25, 0.3) is 69.8 Å². The highest BCUT2D eigenvalue weighted by molar-refractivity contribution is 6.06. The van der Waals surface area contributed by atoms with Crippen LogP contribution < -0.4 is 0 Å². The first kappa shape index (κ1) is 49.5. The Kier molecular flexibility index (Phi) is 10.9. The van der Waals surface area contributed by atoms with Crippen molar-refractivity contribution in [2.45, 2.75) is 71.0 Å². The highest BCUT2D eigenvalue weighted by atomic mass is 16.7. The number of carbonyl (C=O) groups is 6. The van der Waals surface area contributed by atoms with Gasteiger partial charge in [0.05, 0.1) is 0 Å². The second-order valence-electron chi connectivity index (χ2n) is 20.8. The Morgan fingerprint density at radius 3 is 0.462 bits per heavy atom. The summed E-state index contributed by atoms with van der Waals surface area (Å²) in [6, 6.07) is 56.9. The number of hydrogen-bond donors (Lipinski definition) is 0. The third kappa shape index (κ3) is 6.64. The van der Waals surface area contributed by atoms with Crippen LogP contribution in [0.5, 0.6) is 0 Å². The highest BCUT2D eigenvalue weighted by Crippen LogP contribution is 2.65. The lowest BCUT2D eigenvalue weighted by Gasteiger charge is -2.39. The fourth-order valence-electron chi connectivity index (χ4n) is 12.1. The normalized spacial score (nSPS) is 35.3. The molecule has 0 bridgehead atoms. The predicted octanol–water partition coefficient (Wildman–Crippen LogP) is 5.56. The van der Waals surface area contributed by atoms with Crippen molar-refractivity contribution >= 4 is 35.4 Å². The molecule has 396 valence electrons. The third-order valence-electron chi connectivity index (χ3n) is 16.8. The van der Waals surface area contributed by atoms with Crippen LogP contribution in [-0.2, 0) is 57.2 Å². The van der Waals surface area contributed by atoms with Crippen LogP contribution in [0.3, 0.4) is 0 Å². The molecule has 15 rings (SSSR count). The van der Waals surface area contributed by atoms with Gasteiger partial charge in [-0.25, -0.2) is 0 Å². The molecular weight excluding hydrogens is 997 g/mol. The van der Waals surface area contributed by atoms with Crippen molar-refractivity contribution < 1.29 is 57.2 Å². The van der Waals surface area contributed by atoms with E-state index in [2.05, 4.69) is 0 Å². The van der Waals surface area contributed by atoms with E-state index in [0.717, 1.165) is 33.4 Å². The molecule has 78 heavy (non-hydrogen) atoms. The van der Waals surface area contributed by atoms with Crippen molar-refractivity contribution in [2.24, 2.45) is 0 Å². The maximum atomic E-state index is 13.2. The van der Waals surface area contributed by atoms with Gasteiger partial charge in [0.2, 0.25) is 0 Å². The van der Waals surface area contributed by atoms with Crippen LogP contribution >= 0.6 is 0 Å². The van der Waals surface area contributed by atoms with E-state index in [-0.39, 0.29) is 35.4 Å². The molecule has 9 aliphatic rings. The maximum Gasteiger partial charge on any atom is 0.281 e. The van der Waals surface area contributed by atoms with Crippen LogP contribution in [0.25, 0.3) is 0 Å². The van der Waals surface area contributed by atoms with E-state index < -0.39 is 71.0 Å². The van der Waals surface area contributed by atoms with Gasteiger partial charge < -0.3 is 57.8 Å². The molecular formula is C60H54N6O12. The van der Waals surface area contributed by atoms with E-state index in [4.69, 9.17) is 28.4 Å². The summed E-state index contributed by atoms with van der Waals surface area (Å²) in [7, 11) is 9.68. The number of likely N-dealkylation sites (N-methyl/N-ethyl adjacent to an activating group) is 6. The van der Waals surface area contributed by atoms with Gasteiger partial charge in [0, 0.05) is 42.3 Å². The number of ether oxygens (including phenoxy) is 6. The Morgan fingerprint density at radius 1 is 0.231 bits per heavy atom. The van der Waals surface area contributed by atoms with Crippen molar-refractivity contribution in [3.63, 3.8) is 0 Å². The fourth-order valence-corrected chi connectivity index (χ4v) is 12.1. The van der Waals surface area contributed by atoms with Crippen LogP contribution in [0, 0.1) is 0 Å². The quantitative estimate of drug-likeness (QED) is 0.189. The first-order valence-electron chi connectivity index (χ1n) is 25.7. The lowest BCUT2D eigenvalue weighted by molar-refractivity contribution is -0.175. The summed E-state index contributed by atoms with van der Waals surface area (Å²) < 4.78 is 34.9. The minimum atomic E-state index is -1.27. The van der Waals surface area contributed by atoms with Gasteiger partial charge in [-0.15, -0.1) is 0 Å². The average molecular weight is 1050 g/mol. The fraction of sp³-hybridized carbons (Fsp3) is 0.300. The van der Waals surface area contributed by atoms with Crippen molar-refractivity contribution in [3.05, 3.63) is 215 Å². The van der Waals surface area contributed by atoms with Crippen LogP contribution in [0.15, 0.2) is 182 Å². The molecule has 18 heteroatoms. The number of amides is 6. The SMILES string of the molecule is CN1C(=O)[C@@]2(O[C@@H]2c2ccccc2)N(C)C(=O)[C@@]12O[C@@H]2c1ccccc1.CN1C(=O)[C@]2(O[C@H]2c2ccccc2)N(C)C(=O)[C@]12O[C@H]2c1ccccc1.CN1C(=O)[C@]2(O[C@H]2c2ccccc2)N(C)C(=O)[C@]12O[C@H]2c1ccccc1. The lowest BCUT2D eigenvalue weighted by Crippen LogP contribution is -2.67. The molecule has 9 saturated heterocycles. The number of hydrogen-bond acceptors (Lipinski definition) is 12. The summed E-state index contributed by atoms with van der Waals surface area (Å²) in [4.78, 5) is 87.7. The van der Waals surface area contributed by atoms with E-state index >= 15 is 0 Å². The number of benzene rings is 6. The van der Waals surface area contributed by atoms with Gasteiger partial charge in [0.1, 0.15) is 36.6 Å². The van der Waals surface area contributed by atoms with Crippen molar-refractivity contribution in [1.29, 1.82) is 0 Å². The Bertz CT molecular complexity index is 2840. The molecule has 12 atom stereocenters. The van der Waals surface area contributed by atoms with Crippen LogP contribution in [0.4, 0.5) is 0 Å². The maximum absolute atomic E-state index is 13.2. The third-order valence-corrected chi connectivity index (χ3v) is 16.8. The molecule has 0 unspecified atom stereocenters. The molecule has 9 aliphatic heterocycles. The second kappa shape index (κ2) is 17.2. The Balaban J connectivity index is 0.000000111. The Hall–Kier alpha value is -8.10. The molecule has 0 aliphatic carbocycles. The van der Waals surface area contributed by atoms with Crippen molar-refractivity contribution in [2.75, 3.05) is 42.3 Å². The summed E-state index contributed by atoms with van der Waals surface area (Å²) in [6.45, 7) is 0. The molecule has 0 radical (unpaired) electrons. The number of piperazine rings is 3. The zero-order valence-electron chi connectivity index (χ0n) is 43.4. The number of carbonyl (C=O) groups excluding carboxylic acids is 6. The van der Waals surface area contributed by atoms with Gasteiger partial charge >= 0.3 is 0 Å². The Labute approximate surface area is 449 Å². The molecule has 6 aromatic rings. The zero-order chi connectivity index (χ0) is 54.3. The molecule has 0 aromatic heterocycles. The first-order valence-corrected chi connectivity index (χ1v) is 25.7. The van der Waals surface area contributed by atoms with Crippen LogP contribution in [-0.4, -0.2) is 141 Å². The minimum Gasteiger partial charge on any atom is -0.331 e. The van der Waals surface area contributed by atoms with Crippen molar-refractivity contribution in [1.82, 2.24) is 29.4 Å². The smallest absolute Gasteiger partial charge is 0.281 e. The van der Waals surface area contributed by atoms with Gasteiger partial charge in [-0.1, -0.05) is 182 Å². The molecule has 18 nitrogen and oxygen atoms in total. The molecule has 9 heterocycles. The van der Waals surface area contributed by atoms with E-state index in [0.29, 0.717) is 0 Å². The number of epoxide rings is 6. The summed E-state index contributed by atoms with van der Waals surface area (Å²) >= 11 is 0. The van der Waals surface area contributed by atoms with Gasteiger partial charge in [0.15, 0.2) is 0 Å². The largest absolute Gasteiger partial charge is 0.331 e. The summed E-state index contributed by atoms with van der Waals surface area (Å²) in [6.07, 6.45) is -2.76. The van der Waals surface area contributed by atoms with Crippen molar-refractivity contribution in [3.8, 4) is 0 Å². The molecule has 6 spiro atoms.